The molecule has 0 aliphatic heterocycles. The van der Waals surface area contributed by atoms with E-state index in [1.807, 2.05) is 85.1 Å². The van der Waals surface area contributed by atoms with E-state index in [2.05, 4.69) is 33.4 Å². The zero-order valence-electron chi connectivity index (χ0n) is 14.2. The second kappa shape index (κ2) is 7.53. The molecule has 0 radical (unpaired) electrons. The summed E-state index contributed by atoms with van der Waals surface area (Å²) < 4.78 is 0. The molecule has 3 heteroatoms. The van der Waals surface area contributed by atoms with Crippen LogP contribution in [0.15, 0.2) is 112 Å². The fourth-order valence-corrected chi connectivity index (χ4v) is 2.74. The Morgan fingerprint density at radius 1 is 0.577 bits per heavy atom. The average Bonchev–Trinajstić information content (AvgIpc) is 2.72. The van der Waals surface area contributed by atoms with Gasteiger partial charge in [0.2, 0.25) is 0 Å². The van der Waals surface area contributed by atoms with E-state index in [4.69, 9.17) is 0 Å². The van der Waals surface area contributed by atoms with Crippen molar-refractivity contribution in [2.75, 3.05) is 0 Å². The van der Waals surface area contributed by atoms with Gasteiger partial charge in [-0.05, 0) is 29.1 Å². The highest BCUT2D eigenvalue weighted by molar-refractivity contribution is 5.99. The van der Waals surface area contributed by atoms with E-state index in [0.717, 1.165) is 33.4 Å². The Balaban J connectivity index is 1.79. The van der Waals surface area contributed by atoms with Crippen molar-refractivity contribution in [3.05, 3.63) is 103 Å². The van der Waals surface area contributed by atoms with E-state index in [1.54, 1.807) is 0 Å². The fraction of sp³-hybridized carbons (Fsp3) is 0. The van der Waals surface area contributed by atoms with Gasteiger partial charge in [-0.15, -0.1) is 5.11 Å². The van der Waals surface area contributed by atoms with Crippen LogP contribution in [0, 0.1) is 0 Å². The van der Waals surface area contributed by atoms with Crippen molar-refractivity contribution in [3.63, 3.8) is 0 Å². The van der Waals surface area contributed by atoms with Crippen molar-refractivity contribution in [3.8, 4) is 0 Å². The maximum Gasteiger partial charge on any atom is 0.119 e. The predicted molar refractivity (Wildman–Crippen MR) is 108 cm³/mol. The summed E-state index contributed by atoms with van der Waals surface area (Å²) in [7, 11) is 0. The molecule has 0 amide bonds. The van der Waals surface area contributed by atoms with E-state index in [-0.39, 0.29) is 0 Å². The van der Waals surface area contributed by atoms with Crippen LogP contribution in [0.5, 0.6) is 0 Å². The molecule has 0 unspecified atom stereocenters. The van der Waals surface area contributed by atoms with E-state index in [0.29, 0.717) is 0 Å². The van der Waals surface area contributed by atoms with Gasteiger partial charge in [0.1, 0.15) is 5.69 Å². The second-order valence-corrected chi connectivity index (χ2v) is 5.86. The highest BCUT2D eigenvalue weighted by Crippen LogP contribution is 2.37. The van der Waals surface area contributed by atoms with Crippen LogP contribution in [0.25, 0.3) is 10.8 Å². The fourth-order valence-electron chi connectivity index (χ4n) is 2.74. The number of rotatable bonds is 4. The Hall–Kier alpha value is -3.59. The van der Waals surface area contributed by atoms with Gasteiger partial charge in [-0.1, -0.05) is 78.9 Å². The Labute approximate surface area is 152 Å². The number of fused-ring (bicyclic) bond motifs is 1. The standard InChI is InChI=1S/C23H17N3/c1-3-9-18(10-4-1)17-24-22-16-15-19-11-7-8-14-21(19)23(22)26-25-20-12-5-2-6-13-20/h1-17H. The van der Waals surface area contributed by atoms with Crippen LogP contribution in [0.1, 0.15) is 5.56 Å². The van der Waals surface area contributed by atoms with Crippen molar-refractivity contribution in [1.82, 2.24) is 0 Å². The number of azo groups is 1. The predicted octanol–water partition coefficient (Wildman–Crippen LogP) is 7.01. The molecule has 26 heavy (non-hydrogen) atoms. The van der Waals surface area contributed by atoms with Crippen LogP contribution >= 0.6 is 0 Å². The molecule has 0 heterocycles. The van der Waals surface area contributed by atoms with Gasteiger partial charge in [-0.25, -0.2) is 0 Å². The first-order valence-corrected chi connectivity index (χ1v) is 8.48. The van der Waals surface area contributed by atoms with E-state index in [1.165, 1.54) is 0 Å². The molecule has 0 aromatic heterocycles. The largest absolute Gasteiger partial charge is 0.254 e. The van der Waals surface area contributed by atoms with Crippen LogP contribution in [-0.4, -0.2) is 6.21 Å². The van der Waals surface area contributed by atoms with Gasteiger partial charge < -0.3 is 0 Å². The average molecular weight is 335 g/mol. The Morgan fingerprint density at radius 3 is 2.08 bits per heavy atom. The number of aliphatic imine (C=N–C) groups is 1. The lowest BCUT2D eigenvalue weighted by Gasteiger charge is -2.05. The van der Waals surface area contributed by atoms with Crippen molar-refractivity contribution < 1.29 is 0 Å². The van der Waals surface area contributed by atoms with Crippen LogP contribution < -0.4 is 0 Å². The lowest BCUT2D eigenvalue weighted by molar-refractivity contribution is 1.24. The number of benzene rings is 4. The SMILES string of the molecule is C(=Nc1ccc2ccccc2c1N=Nc1ccccc1)c1ccccc1. The minimum absolute atomic E-state index is 0.777. The topological polar surface area (TPSA) is 37.1 Å². The number of hydrogen-bond acceptors (Lipinski definition) is 3. The van der Waals surface area contributed by atoms with Gasteiger partial charge in [0.05, 0.1) is 11.4 Å². The molecular formula is C23H17N3. The second-order valence-electron chi connectivity index (χ2n) is 5.86. The molecule has 0 saturated carbocycles. The molecule has 124 valence electrons. The molecule has 0 fully saturated rings. The smallest absolute Gasteiger partial charge is 0.119 e. The summed E-state index contributed by atoms with van der Waals surface area (Å²) in [6.07, 6.45) is 1.85. The van der Waals surface area contributed by atoms with Gasteiger partial charge >= 0.3 is 0 Å². The summed E-state index contributed by atoms with van der Waals surface area (Å²) >= 11 is 0. The molecule has 4 aromatic carbocycles. The van der Waals surface area contributed by atoms with Gasteiger partial charge in [-0.2, -0.15) is 5.11 Å². The minimum Gasteiger partial charge on any atom is -0.254 e. The van der Waals surface area contributed by atoms with Crippen molar-refractivity contribution >= 4 is 34.0 Å². The summed E-state index contributed by atoms with van der Waals surface area (Å²) in [5.41, 5.74) is 3.44. The molecule has 4 aromatic rings. The quantitative estimate of drug-likeness (QED) is 0.284. The van der Waals surface area contributed by atoms with E-state index < -0.39 is 0 Å². The summed E-state index contributed by atoms with van der Waals surface area (Å²) in [4.78, 5) is 4.66. The normalized spacial score (nSPS) is 11.5. The molecular weight excluding hydrogens is 318 g/mol. The molecule has 3 nitrogen and oxygen atoms in total. The highest BCUT2D eigenvalue weighted by Gasteiger charge is 2.06. The highest BCUT2D eigenvalue weighted by atomic mass is 15.1. The monoisotopic (exact) mass is 335 g/mol. The lowest BCUT2D eigenvalue weighted by atomic mass is 10.1. The maximum atomic E-state index is 4.66. The Kier molecular flexibility index (Phi) is 4.61. The van der Waals surface area contributed by atoms with Crippen LogP contribution in [0.4, 0.5) is 17.1 Å². The van der Waals surface area contributed by atoms with Crippen molar-refractivity contribution in [1.29, 1.82) is 0 Å². The van der Waals surface area contributed by atoms with Gasteiger partial charge in [0, 0.05) is 11.6 Å². The lowest BCUT2D eigenvalue weighted by Crippen LogP contribution is -1.80. The van der Waals surface area contributed by atoms with Gasteiger partial charge in [-0.3, -0.25) is 4.99 Å². The van der Waals surface area contributed by atoms with Crippen LogP contribution in [0.3, 0.4) is 0 Å². The zero-order valence-corrected chi connectivity index (χ0v) is 14.2. The Morgan fingerprint density at radius 2 is 1.27 bits per heavy atom. The molecule has 4 rings (SSSR count). The first kappa shape index (κ1) is 15.9. The van der Waals surface area contributed by atoms with Crippen molar-refractivity contribution in [2.45, 2.75) is 0 Å². The molecule has 0 atom stereocenters. The molecule has 0 aliphatic carbocycles. The summed E-state index contributed by atoms with van der Waals surface area (Å²) in [6.45, 7) is 0. The third kappa shape index (κ3) is 3.57. The molecule has 0 aliphatic rings. The van der Waals surface area contributed by atoms with Crippen LogP contribution in [-0.2, 0) is 0 Å². The van der Waals surface area contributed by atoms with E-state index >= 15 is 0 Å². The first-order valence-electron chi connectivity index (χ1n) is 8.48. The summed E-state index contributed by atoms with van der Waals surface area (Å²) in [5, 5.41) is 11.1. The molecule has 0 bridgehead atoms. The van der Waals surface area contributed by atoms with E-state index in [9.17, 15) is 0 Å². The molecule has 0 spiro atoms. The maximum absolute atomic E-state index is 4.66. The first-order chi connectivity index (χ1) is 12.9. The Bertz CT molecular complexity index is 1070. The molecule has 0 saturated heterocycles. The molecule has 0 N–H and O–H groups in total. The third-order valence-corrected chi connectivity index (χ3v) is 4.05. The summed E-state index contributed by atoms with van der Waals surface area (Å²) in [5.74, 6) is 0. The third-order valence-electron chi connectivity index (χ3n) is 4.05. The zero-order chi connectivity index (χ0) is 17.6. The van der Waals surface area contributed by atoms with Crippen molar-refractivity contribution in [2.24, 2.45) is 15.2 Å². The minimum atomic E-state index is 0.777. The number of hydrogen-bond donors (Lipinski definition) is 0. The van der Waals surface area contributed by atoms with Crippen LogP contribution in [0.2, 0.25) is 0 Å². The van der Waals surface area contributed by atoms with Gasteiger partial charge in [0.25, 0.3) is 0 Å². The summed E-state index contributed by atoms with van der Waals surface area (Å²) in [6, 6.07) is 32.0. The number of nitrogens with zero attached hydrogens (tertiary/aromatic N) is 3. The van der Waals surface area contributed by atoms with Gasteiger partial charge in [0.15, 0.2) is 0 Å².